The molecule has 0 fully saturated rings. The summed E-state index contributed by atoms with van der Waals surface area (Å²) < 4.78 is 32.1. The molecule has 0 bridgehead atoms. The number of rotatable bonds is 4. The first kappa shape index (κ1) is 22.2. The molecule has 30 heavy (non-hydrogen) atoms. The highest BCUT2D eigenvalue weighted by Crippen LogP contribution is 2.38. The molecular formula is C23H30N2O4S. The topological polar surface area (TPSA) is 75.7 Å². The molecule has 2 aromatic carbocycles. The van der Waals surface area contributed by atoms with Crippen molar-refractivity contribution in [3.8, 4) is 5.75 Å². The fraction of sp³-hybridized carbons (Fsp3) is 0.435. The van der Waals surface area contributed by atoms with Gasteiger partial charge < -0.3 is 10.1 Å². The van der Waals surface area contributed by atoms with E-state index in [-0.39, 0.29) is 17.9 Å². The van der Waals surface area contributed by atoms with Crippen molar-refractivity contribution in [3.63, 3.8) is 0 Å². The van der Waals surface area contributed by atoms with Crippen LogP contribution in [0.3, 0.4) is 0 Å². The Morgan fingerprint density at radius 1 is 1.13 bits per heavy atom. The molecule has 2 aromatic rings. The largest absolute Gasteiger partial charge is 0.476 e. The van der Waals surface area contributed by atoms with Crippen LogP contribution in [0.4, 0.5) is 11.4 Å². The Morgan fingerprint density at radius 2 is 1.77 bits per heavy atom. The van der Waals surface area contributed by atoms with Crippen molar-refractivity contribution in [1.82, 2.24) is 0 Å². The standard InChI is InChI=1S/C23H30N2O4S/c1-15(2)16-7-10-18(11-8-16)24-22(26)21-14-25(30(6,27)28)19-13-17(23(3,4)5)9-12-20(19)29-21/h7-13,15,21H,14H2,1-6H3,(H,24,26)/t21-/m0/s1. The summed E-state index contributed by atoms with van der Waals surface area (Å²) in [4.78, 5) is 12.8. The number of ether oxygens (including phenoxy) is 1. The summed E-state index contributed by atoms with van der Waals surface area (Å²) >= 11 is 0. The summed E-state index contributed by atoms with van der Waals surface area (Å²) in [6.45, 7) is 10.3. The highest BCUT2D eigenvalue weighted by atomic mass is 32.2. The van der Waals surface area contributed by atoms with Crippen molar-refractivity contribution in [2.45, 2.75) is 52.1 Å². The number of carbonyl (C=O) groups is 1. The highest BCUT2D eigenvalue weighted by Gasteiger charge is 2.35. The van der Waals surface area contributed by atoms with Gasteiger partial charge in [-0.2, -0.15) is 0 Å². The van der Waals surface area contributed by atoms with Gasteiger partial charge in [0.1, 0.15) is 5.75 Å². The predicted octanol–water partition coefficient (Wildman–Crippen LogP) is 4.27. The first-order chi connectivity index (χ1) is 13.9. The van der Waals surface area contributed by atoms with Crippen LogP contribution in [0, 0.1) is 0 Å². The average Bonchev–Trinajstić information content (AvgIpc) is 2.65. The monoisotopic (exact) mass is 430 g/mol. The fourth-order valence-corrected chi connectivity index (χ4v) is 4.25. The Bertz CT molecular complexity index is 1040. The molecule has 1 amide bonds. The van der Waals surface area contributed by atoms with E-state index in [1.165, 1.54) is 9.87 Å². The maximum atomic E-state index is 12.8. The van der Waals surface area contributed by atoms with Crippen LogP contribution in [-0.2, 0) is 20.2 Å². The number of hydrogen-bond acceptors (Lipinski definition) is 4. The SMILES string of the molecule is CC(C)c1ccc(NC(=O)[C@@H]2CN(S(C)(=O)=O)c3cc(C(C)(C)C)ccc3O2)cc1. The molecule has 0 unspecified atom stereocenters. The highest BCUT2D eigenvalue weighted by molar-refractivity contribution is 7.92. The lowest BCUT2D eigenvalue weighted by atomic mass is 9.86. The van der Waals surface area contributed by atoms with Gasteiger partial charge in [-0.1, -0.05) is 52.8 Å². The molecule has 162 valence electrons. The minimum Gasteiger partial charge on any atom is -0.476 e. The molecule has 0 saturated heterocycles. The third-order valence-corrected chi connectivity index (χ3v) is 6.38. The van der Waals surface area contributed by atoms with Gasteiger partial charge in [0, 0.05) is 5.69 Å². The molecule has 1 aliphatic rings. The van der Waals surface area contributed by atoms with Crippen molar-refractivity contribution in [2.75, 3.05) is 22.4 Å². The molecule has 0 radical (unpaired) electrons. The van der Waals surface area contributed by atoms with Gasteiger partial charge in [-0.05, 0) is 46.7 Å². The zero-order chi connectivity index (χ0) is 22.3. The number of carbonyl (C=O) groups excluding carboxylic acids is 1. The van der Waals surface area contributed by atoms with Gasteiger partial charge in [-0.25, -0.2) is 8.42 Å². The Kier molecular flexibility index (Phi) is 5.87. The van der Waals surface area contributed by atoms with E-state index in [0.717, 1.165) is 11.8 Å². The van der Waals surface area contributed by atoms with Crippen LogP contribution < -0.4 is 14.4 Å². The van der Waals surface area contributed by atoms with Gasteiger partial charge in [0.05, 0.1) is 18.5 Å². The molecular weight excluding hydrogens is 400 g/mol. The van der Waals surface area contributed by atoms with E-state index in [1.807, 2.05) is 36.4 Å². The Balaban J connectivity index is 1.87. The van der Waals surface area contributed by atoms with Crippen molar-refractivity contribution in [3.05, 3.63) is 53.6 Å². The Morgan fingerprint density at radius 3 is 2.30 bits per heavy atom. The Labute approximate surface area is 179 Å². The van der Waals surface area contributed by atoms with Gasteiger partial charge in [-0.3, -0.25) is 9.10 Å². The number of hydrogen-bond donors (Lipinski definition) is 1. The van der Waals surface area contributed by atoms with Gasteiger partial charge >= 0.3 is 0 Å². The van der Waals surface area contributed by atoms with E-state index in [0.29, 0.717) is 23.0 Å². The average molecular weight is 431 g/mol. The second-order valence-electron chi connectivity index (χ2n) is 9.10. The molecule has 3 rings (SSSR count). The Hall–Kier alpha value is -2.54. The number of sulfonamides is 1. The number of nitrogens with one attached hydrogen (secondary N) is 1. The van der Waals surface area contributed by atoms with E-state index in [9.17, 15) is 13.2 Å². The lowest BCUT2D eigenvalue weighted by molar-refractivity contribution is -0.122. The van der Waals surface area contributed by atoms with Crippen LogP contribution in [0.1, 0.15) is 51.7 Å². The maximum absolute atomic E-state index is 12.8. The van der Waals surface area contributed by atoms with E-state index >= 15 is 0 Å². The summed E-state index contributed by atoms with van der Waals surface area (Å²) in [5, 5.41) is 2.83. The minimum absolute atomic E-state index is 0.0741. The van der Waals surface area contributed by atoms with Crippen LogP contribution in [-0.4, -0.2) is 33.2 Å². The summed E-state index contributed by atoms with van der Waals surface area (Å²) in [5.41, 5.74) is 3.14. The summed E-state index contributed by atoms with van der Waals surface area (Å²) in [5.74, 6) is 0.399. The molecule has 1 heterocycles. The summed E-state index contributed by atoms with van der Waals surface area (Å²) in [7, 11) is -3.58. The van der Waals surface area contributed by atoms with Crippen LogP contribution in [0.5, 0.6) is 5.75 Å². The van der Waals surface area contributed by atoms with E-state index in [4.69, 9.17) is 4.74 Å². The van der Waals surface area contributed by atoms with Crippen LogP contribution in [0.25, 0.3) is 0 Å². The van der Waals surface area contributed by atoms with Crippen molar-refractivity contribution < 1.29 is 17.9 Å². The first-order valence-corrected chi connectivity index (χ1v) is 11.9. The van der Waals surface area contributed by atoms with Crippen LogP contribution >= 0.6 is 0 Å². The van der Waals surface area contributed by atoms with Crippen LogP contribution in [0.15, 0.2) is 42.5 Å². The molecule has 1 atom stereocenters. The quantitative estimate of drug-likeness (QED) is 0.786. The van der Waals surface area contributed by atoms with E-state index in [2.05, 4.69) is 39.9 Å². The number of anilines is 2. The molecule has 6 nitrogen and oxygen atoms in total. The third-order valence-electron chi connectivity index (χ3n) is 5.23. The zero-order valence-electron chi connectivity index (χ0n) is 18.4. The molecule has 0 aromatic heterocycles. The molecule has 0 spiro atoms. The second-order valence-corrected chi connectivity index (χ2v) is 11.0. The third kappa shape index (κ3) is 4.78. The van der Waals surface area contributed by atoms with E-state index < -0.39 is 16.1 Å². The van der Waals surface area contributed by atoms with Crippen molar-refractivity contribution >= 4 is 27.3 Å². The smallest absolute Gasteiger partial charge is 0.267 e. The normalized spacial score (nSPS) is 16.8. The molecule has 7 heteroatoms. The number of nitrogens with zero attached hydrogens (tertiary/aromatic N) is 1. The molecule has 0 saturated carbocycles. The number of benzene rings is 2. The number of fused-ring (bicyclic) bond motifs is 1. The number of amides is 1. The lowest BCUT2D eigenvalue weighted by Gasteiger charge is -2.35. The van der Waals surface area contributed by atoms with Crippen LogP contribution in [0.2, 0.25) is 0 Å². The fourth-order valence-electron chi connectivity index (χ4n) is 3.34. The van der Waals surface area contributed by atoms with Crippen molar-refractivity contribution in [1.29, 1.82) is 0 Å². The van der Waals surface area contributed by atoms with Gasteiger partial charge in [0.2, 0.25) is 10.0 Å². The molecule has 1 aliphatic heterocycles. The first-order valence-electron chi connectivity index (χ1n) is 10.1. The van der Waals surface area contributed by atoms with Crippen molar-refractivity contribution in [2.24, 2.45) is 0 Å². The lowest BCUT2D eigenvalue weighted by Crippen LogP contribution is -2.48. The van der Waals surface area contributed by atoms with Gasteiger partial charge in [0.15, 0.2) is 6.10 Å². The maximum Gasteiger partial charge on any atom is 0.267 e. The van der Waals surface area contributed by atoms with E-state index in [1.54, 1.807) is 6.07 Å². The van der Waals surface area contributed by atoms with Gasteiger partial charge in [-0.15, -0.1) is 0 Å². The zero-order valence-corrected chi connectivity index (χ0v) is 19.2. The van der Waals surface area contributed by atoms with Gasteiger partial charge in [0.25, 0.3) is 5.91 Å². The molecule has 1 N–H and O–H groups in total. The summed E-state index contributed by atoms with van der Waals surface area (Å²) in [6, 6.07) is 13.1. The predicted molar refractivity (Wildman–Crippen MR) is 121 cm³/mol. The molecule has 0 aliphatic carbocycles. The second kappa shape index (κ2) is 7.95. The minimum atomic E-state index is -3.58. The summed E-state index contributed by atoms with van der Waals surface area (Å²) in [6.07, 6.45) is 0.198.